The van der Waals surface area contributed by atoms with Crippen LogP contribution in [0.15, 0.2) is 235 Å². The molecule has 0 N–H and O–H groups in total. The van der Waals surface area contributed by atoms with Gasteiger partial charge in [-0.2, -0.15) is 0 Å². The molecule has 7 aromatic rings. The fourth-order valence-electron chi connectivity index (χ4n) is 8.29. The van der Waals surface area contributed by atoms with Gasteiger partial charge in [0.1, 0.15) is 0 Å². The summed E-state index contributed by atoms with van der Waals surface area (Å²) in [4.78, 5) is 0. The second-order valence-corrected chi connectivity index (χ2v) is 18.7. The molecule has 0 spiro atoms. The molecule has 0 atom stereocenters. The van der Waals surface area contributed by atoms with Gasteiger partial charge in [-0.05, 0) is 12.5 Å². The summed E-state index contributed by atoms with van der Waals surface area (Å²) in [6, 6.07) is 73.1. The first-order valence-corrected chi connectivity index (χ1v) is 23.5. The summed E-state index contributed by atoms with van der Waals surface area (Å²) in [5, 5.41) is 5.08. The fraction of sp³-hybridized carbons (Fsp3) is 0.0702. The van der Waals surface area contributed by atoms with Crippen LogP contribution in [0.1, 0.15) is 47.2 Å². The van der Waals surface area contributed by atoms with Crippen LogP contribution < -0.4 is 15.9 Å². The molecule has 1 heterocycles. The molecule has 3 heteroatoms. The van der Waals surface area contributed by atoms with Crippen molar-refractivity contribution >= 4 is 46.0 Å². The molecule has 1 saturated heterocycles. The van der Waals surface area contributed by atoms with E-state index in [0.29, 0.717) is 13.2 Å². The number of benzene rings is 7. The number of hydrogen-bond donors (Lipinski definition) is 0. The van der Waals surface area contributed by atoms with Gasteiger partial charge in [-0.1, -0.05) is 18.2 Å². The van der Waals surface area contributed by atoms with E-state index in [2.05, 4.69) is 243 Å². The standard InChI is InChI=1S/C57H47OP.Os/c1-4-21-44-32-34-49(35-33-44)56(47-22-11-6-12-23-47)57(48-24-13-7-14-25-48)50-38-36-46(37-39-50)55(40-51-42-58-41-45(51)5-2)43(3)59(52-26-15-8-16-27-52,53-28-17-9-18-29-53)54-30-19-10-20-31-54;/h4-40H,41-42H2,1-2H3;/q+1;/b21-4+,45-5?,51-40?,55-43?,57-56+;. The van der Waals surface area contributed by atoms with Gasteiger partial charge < -0.3 is 0 Å². The maximum absolute atomic E-state index is 6.10. The SMILES string of the molecule is CC=C1COCC1=CC(=C([C]#[Os])[P+](c1ccccc1)(c1ccccc1)c1ccccc1)c1ccc(/C(=C(\c2ccccc2)c2ccc(/C=C/C)cc2)c2ccccc2)cc1. The Morgan fingerprint density at radius 3 is 1.28 bits per heavy atom. The van der Waals surface area contributed by atoms with Crippen LogP contribution in [0.25, 0.3) is 22.8 Å². The molecular formula is C57H47OOsP+. The van der Waals surface area contributed by atoms with E-state index in [4.69, 9.17) is 4.74 Å². The Labute approximate surface area is 366 Å². The monoisotopic (exact) mass is 970 g/mol. The normalized spacial score (nSPS) is 15.2. The molecule has 7 aromatic carbocycles. The molecule has 293 valence electrons. The Bertz CT molecular complexity index is 2640. The van der Waals surface area contributed by atoms with Gasteiger partial charge in [-0.25, -0.2) is 0 Å². The van der Waals surface area contributed by atoms with Crippen LogP contribution in [0.2, 0.25) is 0 Å². The fourth-order valence-corrected chi connectivity index (χ4v) is 14.1. The zero-order valence-electron chi connectivity index (χ0n) is 34.0. The quantitative estimate of drug-likeness (QED) is 0.0927. The van der Waals surface area contributed by atoms with E-state index in [9.17, 15) is 0 Å². The Morgan fingerprint density at radius 2 is 0.867 bits per heavy atom. The van der Waals surface area contributed by atoms with Crippen LogP contribution in [-0.4, -0.2) is 13.2 Å². The van der Waals surface area contributed by atoms with Crippen molar-refractivity contribution in [2.24, 2.45) is 0 Å². The first-order valence-electron chi connectivity index (χ1n) is 20.4. The summed E-state index contributed by atoms with van der Waals surface area (Å²) in [7, 11) is -2.50. The number of allylic oxidation sites excluding steroid dienone is 5. The topological polar surface area (TPSA) is 9.23 Å². The first kappa shape index (κ1) is 40.8. The van der Waals surface area contributed by atoms with Crippen LogP contribution in [0.5, 0.6) is 0 Å². The number of ether oxygens (including phenoxy) is 1. The molecule has 0 aliphatic carbocycles. The Hall–Kier alpha value is -5.95. The van der Waals surface area contributed by atoms with Gasteiger partial charge in [0.2, 0.25) is 0 Å². The molecule has 0 unspecified atom stereocenters. The van der Waals surface area contributed by atoms with Gasteiger partial charge in [0, 0.05) is 0 Å². The van der Waals surface area contributed by atoms with Gasteiger partial charge >= 0.3 is 338 Å². The zero-order chi connectivity index (χ0) is 41.2. The van der Waals surface area contributed by atoms with Crippen LogP contribution in [0, 0.1) is 4.37 Å². The molecular weight excluding hydrogens is 922 g/mol. The predicted molar refractivity (Wildman–Crippen MR) is 254 cm³/mol. The molecule has 0 amide bonds. The third-order valence-corrected chi connectivity index (χ3v) is 16.5. The summed E-state index contributed by atoms with van der Waals surface area (Å²) in [6.45, 7) is 5.36. The Morgan fingerprint density at radius 1 is 0.483 bits per heavy atom. The molecule has 1 aliphatic heterocycles. The average Bonchev–Trinajstić information content (AvgIpc) is 3.78. The van der Waals surface area contributed by atoms with Crippen molar-refractivity contribution in [1.82, 2.24) is 0 Å². The Kier molecular flexibility index (Phi) is 13.2. The molecule has 1 fully saturated rings. The van der Waals surface area contributed by atoms with Crippen LogP contribution in [0.3, 0.4) is 0 Å². The number of rotatable bonds is 11. The molecule has 8 rings (SSSR count). The molecule has 1 nitrogen and oxygen atoms in total. The van der Waals surface area contributed by atoms with Gasteiger partial charge in [0.15, 0.2) is 0 Å². The van der Waals surface area contributed by atoms with Crippen molar-refractivity contribution in [2.45, 2.75) is 13.8 Å². The third-order valence-electron chi connectivity index (χ3n) is 11.1. The van der Waals surface area contributed by atoms with E-state index in [1.165, 1.54) is 65.8 Å². The third kappa shape index (κ3) is 8.40. The van der Waals surface area contributed by atoms with E-state index >= 15 is 0 Å². The van der Waals surface area contributed by atoms with Crippen molar-refractivity contribution in [3.05, 3.63) is 268 Å². The maximum atomic E-state index is 6.10. The summed E-state index contributed by atoms with van der Waals surface area (Å²) in [5.41, 5.74) is 13.0. The van der Waals surface area contributed by atoms with Crippen LogP contribution >= 0.6 is 7.26 Å². The van der Waals surface area contributed by atoms with Crippen molar-refractivity contribution in [3.8, 4) is 4.37 Å². The Balaban J connectivity index is 1.43. The minimum atomic E-state index is -2.50. The molecule has 60 heavy (non-hydrogen) atoms. The van der Waals surface area contributed by atoms with Gasteiger partial charge in [0.05, 0.1) is 0 Å². The van der Waals surface area contributed by atoms with Crippen LogP contribution in [0.4, 0.5) is 0 Å². The molecule has 0 aromatic heterocycles. The van der Waals surface area contributed by atoms with E-state index in [1.54, 1.807) is 0 Å². The minimum absolute atomic E-state index is 0.572. The summed E-state index contributed by atoms with van der Waals surface area (Å²) < 4.78 is 10.0. The summed E-state index contributed by atoms with van der Waals surface area (Å²) in [5.74, 6) is 0. The van der Waals surface area contributed by atoms with E-state index in [0.717, 1.165) is 16.7 Å². The molecule has 0 bridgehead atoms. The van der Waals surface area contributed by atoms with E-state index < -0.39 is 7.26 Å². The van der Waals surface area contributed by atoms with Crippen molar-refractivity contribution in [3.63, 3.8) is 0 Å². The van der Waals surface area contributed by atoms with E-state index in [-0.39, 0.29) is 0 Å². The van der Waals surface area contributed by atoms with Crippen molar-refractivity contribution in [2.75, 3.05) is 13.2 Å². The predicted octanol–water partition coefficient (Wildman–Crippen LogP) is 12.8. The van der Waals surface area contributed by atoms with E-state index in [1.807, 2.05) is 17.9 Å². The molecule has 1 aliphatic rings. The second-order valence-electron chi connectivity index (χ2n) is 14.7. The van der Waals surface area contributed by atoms with Crippen LogP contribution in [-0.2, 0) is 22.7 Å². The molecule has 0 saturated carbocycles. The zero-order valence-corrected chi connectivity index (χ0v) is 37.4. The average molecular weight is 969 g/mol. The van der Waals surface area contributed by atoms with Crippen molar-refractivity contribution < 1.29 is 22.7 Å². The summed E-state index contributed by atoms with van der Waals surface area (Å²) in [6.07, 6.45) is 8.82. The van der Waals surface area contributed by atoms with Gasteiger partial charge in [-0.15, -0.1) is 0 Å². The summed E-state index contributed by atoms with van der Waals surface area (Å²) >= 11 is 1.83. The molecule has 0 radical (unpaired) electrons. The number of hydrogen-bond acceptors (Lipinski definition) is 1. The second kappa shape index (κ2) is 19.4. The van der Waals surface area contributed by atoms with Gasteiger partial charge in [-0.3, -0.25) is 0 Å². The first-order chi connectivity index (χ1) is 29.6. The van der Waals surface area contributed by atoms with Crippen molar-refractivity contribution in [1.29, 1.82) is 0 Å². The van der Waals surface area contributed by atoms with Gasteiger partial charge in [0.25, 0.3) is 0 Å².